The normalized spacial score (nSPS) is 10.5. The number of carbonyl (C=O) groups excluding carboxylic acids is 1. The Kier molecular flexibility index (Phi) is 6.68. The Balaban J connectivity index is 1.56. The molecule has 0 saturated heterocycles. The average molecular weight is 378 g/mol. The molecule has 0 unspecified atom stereocenters. The van der Waals surface area contributed by atoms with Gasteiger partial charge < -0.3 is 10.2 Å². The minimum Gasteiger partial charge on any atom is -0.352 e. The number of carbonyl (C=O) groups is 1. The topological polar surface area (TPSA) is 58.1 Å². The molecule has 0 aliphatic rings. The summed E-state index contributed by atoms with van der Waals surface area (Å²) in [5.74, 6) is 0.0470. The van der Waals surface area contributed by atoms with Crippen LogP contribution >= 0.6 is 0 Å². The van der Waals surface area contributed by atoms with Crippen molar-refractivity contribution < 1.29 is 9.18 Å². The molecular formula is C22H23FN4O. The minimum absolute atomic E-state index is 0.262. The highest BCUT2D eigenvalue weighted by molar-refractivity contribution is 5.93. The Labute approximate surface area is 164 Å². The number of hydrogen-bond acceptors (Lipinski definition) is 4. The molecule has 144 valence electrons. The summed E-state index contributed by atoms with van der Waals surface area (Å²) in [5.41, 5.74) is 2.13. The first-order chi connectivity index (χ1) is 13.7. The molecule has 28 heavy (non-hydrogen) atoms. The van der Waals surface area contributed by atoms with Crippen LogP contribution < -0.4 is 10.2 Å². The molecule has 0 radical (unpaired) electrons. The second-order valence-corrected chi connectivity index (χ2v) is 6.37. The van der Waals surface area contributed by atoms with Crippen LogP contribution in [-0.2, 0) is 13.0 Å². The maximum atomic E-state index is 13.6. The standard InChI is InChI=1S/C22H23FN4O/c1-2-27(16-17-8-4-3-5-9-17)22-25-14-19(15-26-22)21(28)24-13-12-18-10-6-7-11-20(18)23/h3-11,14-15H,2,12-13,16H2,1H3,(H,24,28). The quantitative estimate of drug-likeness (QED) is 0.651. The fraction of sp³-hybridized carbons (Fsp3) is 0.227. The molecular weight excluding hydrogens is 355 g/mol. The van der Waals surface area contributed by atoms with Gasteiger partial charge in [0, 0.05) is 32.0 Å². The van der Waals surface area contributed by atoms with E-state index in [-0.39, 0.29) is 11.7 Å². The first-order valence-electron chi connectivity index (χ1n) is 9.30. The fourth-order valence-corrected chi connectivity index (χ4v) is 2.84. The van der Waals surface area contributed by atoms with E-state index < -0.39 is 0 Å². The van der Waals surface area contributed by atoms with E-state index in [1.165, 1.54) is 24.0 Å². The van der Waals surface area contributed by atoms with Crippen molar-refractivity contribution in [3.8, 4) is 0 Å². The molecule has 0 aliphatic carbocycles. The third-order valence-corrected chi connectivity index (χ3v) is 4.42. The van der Waals surface area contributed by atoms with E-state index in [0.717, 1.165) is 6.54 Å². The highest BCUT2D eigenvalue weighted by atomic mass is 19.1. The van der Waals surface area contributed by atoms with Crippen molar-refractivity contribution in [2.24, 2.45) is 0 Å². The van der Waals surface area contributed by atoms with Crippen molar-refractivity contribution in [2.45, 2.75) is 19.9 Å². The number of rotatable bonds is 8. The Morgan fingerprint density at radius 3 is 2.39 bits per heavy atom. The number of benzene rings is 2. The van der Waals surface area contributed by atoms with Crippen LogP contribution in [0.15, 0.2) is 67.0 Å². The predicted molar refractivity (Wildman–Crippen MR) is 108 cm³/mol. The zero-order chi connectivity index (χ0) is 19.8. The van der Waals surface area contributed by atoms with Gasteiger partial charge in [-0.05, 0) is 30.5 Å². The van der Waals surface area contributed by atoms with Gasteiger partial charge in [0.05, 0.1) is 5.56 Å². The van der Waals surface area contributed by atoms with Crippen LogP contribution in [0.3, 0.4) is 0 Å². The molecule has 0 saturated carbocycles. The molecule has 5 nitrogen and oxygen atoms in total. The number of halogens is 1. The Hall–Kier alpha value is -3.28. The number of nitrogens with one attached hydrogen (secondary N) is 1. The third kappa shape index (κ3) is 5.13. The van der Waals surface area contributed by atoms with Crippen LogP contribution in [0.25, 0.3) is 0 Å². The Bertz CT molecular complexity index is 900. The minimum atomic E-state index is -0.269. The van der Waals surface area contributed by atoms with Gasteiger partial charge in [-0.25, -0.2) is 14.4 Å². The Morgan fingerprint density at radius 2 is 1.71 bits per heavy atom. The molecule has 1 aromatic heterocycles. The molecule has 0 fully saturated rings. The van der Waals surface area contributed by atoms with Crippen molar-refractivity contribution in [1.82, 2.24) is 15.3 Å². The molecule has 0 bridgehead atoms. The fourth-order valence-electron chi connectivity index (χ4n) is 2.84. The molecule has 6 heteroatoms. The number of anilines is 1. The lowest BCUT2D eigenvalue weighted by molar-refractivity contribution is 0.0953. The van der Waals surface area contributed by atoms with Gasteiger partial charge >= 0.3 is 0 Å². The van der Waals surface area contributed by atoms with Crippen molar-refractivity contribution in [2.75, 3.05) is 18.0 Å². The molecule has 2 aromatic carbocycles. The van der Waals surface area contributed by atoms with E-state index >= 15 is 0 Å². The van der Waals surface area contributed by atoms with E-state index in [4.69, 9.17) is 0 Å². The lowest BCUT2D eigenvalue weighted by Crippen LogP contribution is -2.27. The third-order valence-electron chi connectivity index (χ3n) is 4.42. The zero-order valence-electron chi connectivity index (χ0n) is 15.8. The molecule has 0 spiro atoms. The second kappa shape index (κ2) is 9.60. The van der Waals surface area contributed by atoms with E-state index in [9.17, 15) is 9.18 Å². The van der Waals surface area contributed by atoms with Gasteiger partial charge in [0.1, 0.15) is 5.82 Å². The molecule has 3 aromatic rings. The van der Waals surface area contributed by atoms with E-state index in [2.05, 4.69) is 27.4 Å². The second-order valence-electron chi connectivity index (χ2n) is 6.37. The lowest BCUT2D eigenvalue weighted by atomic mass is 10.1. The summed E-state index contributed by atoms with van der Waals surface area (Å²) in [7, 11) is 0. The van der Waals surface area contributed by atoms with Gasteiger partial charge in [0.15, 0.2) is 0 Å². The summed E-state index contributed by atoms with van der Waals surface area (Å²) in [5, 5.41) is 2.78. The monoisotopic (exact) mass is 378 g/mol. The summed E-state index contributed by atoms with van der Waals surface area (Å²) in [4.78, 5) is 23.0. The maximum Gasteiger partial charge on any atom is 0.254 e. The summed E-state index contributed by atoms with van der Waals surface area (Å²) >= 11 is 0. The number of hydrogen-bond donors (Lipinski definition) is 1. The van der Waals surface area contributed by atoms with Crippen LogP contribution in [0, 0.1) is 5.82 Å². The summed E-state index contributed by atoms with van der Waals surface area (Å²) in [6.07, 6.45) is 3.47. The molecule has 3 rings (SSSR count). The van der Waals surface area contributed by atoms with Crippen LogP contribution in [0.4, 0.5) is 10.3 Å². The number of amides is 1. The SMILES string of the molecule is CCN(Cc1ccccc1)c1ncc(C(=O)NCCc2ccccc2F)cn1. The highest BCUT2D eigenvalue weighted by Crippen LogP contribution is 2.12. The zero-order valence-corrected chi connectivity index (χ0v) is 15.8. The molecule has 0 atom stereocenters. The maximum absolute atomic E-state index is 13.6. The van der Waals surface area contributed by atoms with Gasteiger partial charge in [0.2, 0.25) is 5.95 Å². The lowest BCUT2D eigenvalue weighted by Gasteiger charge is -2.20. The molecule has 0 aliphatic heterocycles. The molecule has 1 N–H and O–H groups in total. The highest BCUT2D eigenvalue weighted by Gasteiger charge is 2.11. The van der Waals surface area contributed by atoms with E-state index in [1.807, 2.05) is 30.0 Å². The molecule has 1 amide bonds. The first kappa shape index (κ1) is 19.5. The Morgan fingerprint density at radius 1 is 1.04 bits per heavy atom. The predicted octanol–water partition coefficient (Wildman–Crippen LogP) is 3.61. The largest absolute Gasteiger partial charge is 0.352 e. The van der Waals surface area contributed by atoms with Gasteiger partial charge in [-0.15, -0.1) is 0 Å². The smallest absolute Gasteiger partial charge is 0.254 e. The molecule has 1 heterocycles. The van der Waals surface area contributed by atoms with Crippen molar-refractivity contribution in [1.29, 1.82) is 0 Å². The summed E-state index contributed by atoms with van der Waals surface area (Å²) in [6, 6.07) is 16.6. The van der Waals surface area contributed by atoms with Crippen LogP contribution in [0.2, 0.25) is 0 Å². The first-order valence-corrected chi connectivity index (χ1v) is 9.30. The van der Waals surface area contributed by atoms with Crippen LogP contribution in [0.1, 0.15) is 28.4 Å². The van der Waals surface area contributed by atoms with Crippen molar-refractivity contribution in [3.63, 3.8) is 0 Å². The summed E-state index contributed by atoms with van der Waals surface area (Å²) in [6.45, 7) is 3.83. The van der Waals surface area contributed by atoms with Crippen LogP contribution in [-0.4, -0.2) is 29.0 Å². The van der Waals surface area contributed by atoms with Crippen molar-refractivity contribution in [3.05, 3.63) is 89.5 Å². The number of nitrogens with zero attached hydrogens (tertiary/aromatic N) is 3. The van der Waals surface area contributed by atoms with E-state index in [1.54, 1.807) is 18.2 Å². The van der Waals surface area contributed by atoms with Gasteiger partial charge in [-0.2, -0.15) is 0 Å². The summed E-state index contributed by atoms with van der Waals surface area (Å²) < 4.78 is 13.6. The van der Waals surface area contributed by atoms with Gasteiger partial charge in [0.25, 0.3) is 5.91 Å². The number of aromatic nitrogens is 2. The van der Waals surface area contributed by atoms with E-state index in [0.29, 0.717) is 36.6 Å². The van der Waals surface area contributed by atoms with Crippen molar-refractivity contribution >= 4 is 11.9 Å². The average Bonchev–Trinajstić information content (AvgIpc) is 2.74. The van der Waals surface area contributed by atoms with Gasteiger partial charge in [-0.3, -0.25) is 4.79 Å². The van der Waals surface area contributed by atoms with Crippen LogP contribution in [0.5, 0.6) is 0 Å². The van der Waals surface area contributed by atoms with Gasteiger partial charge in [-0.1, -0.05) is 48.5 Å².